The molecule has 0 fully saturated rings. The van der Waals surface area contributed by atoms with Gasteiger partial charge in [0.05, 0.1) is 5.69 Å². The molecule has 92 valence electrons. The van der Waals surface area contributed by atoms with E-state index in [1.807, 2.05) is 31.2 Å². The van der Waals surface area contributed by atoms with Crippen molar-refractivity contribution >= 4 is 5.69 Å². The molecular weight excluding hydrogens is 222 g/mol. The van der Waals surface area contributed by atoms with E-state index in [0.717, 1.165) is 23.5 Å². The van der Waals surface area contributed by atoms with Crippen LogP contribution in [0, 0.1) is 6.92 Å². The average molecular weight is 239 g/mol. The Balaban J connectivity index is 1.88. The van der Waals surface area contributed by atoms with E-state index in [-0.39, 0.29) is 0 Å². The number of nitrogen functional groups attached to an aromatic ring is 1. The van der Waals surface area contributed by atoms with Gasteiger partial charge in [0.15, 0.2) is 0 Å². The van der Waals surface area contributed by atoms with Crippen LogP contribution in [0.15, 0.2) is 36.4 Å². The second kappa shape index (κ2) is 4.37. The maximum atomic E-state index is 5.96. The summed E-state index contributed by atoms with van der Waals surface area (Å²) in [5, 5.41) is 0. The van der Waals surface area contributed by atoms with Gasteiger partial charge < -0.3 is 10.5 Å². The van der Waals surface area contributed by atoms with Gasteiger partial charge in [0.2, 0.25) is 0 Å². The second-order valence-corrected chi connectivity index (χ2v) is 4.93. The van der Waals surface area contributed by atoms with Crippen LogP contribution in [0.1, 0.15) is 23.1 Å². The highest BCUT2D eigenvalue weighted by Gasteiger charge is 2.12. The molecule has 2 heteroatoms. The Kier molecular flexibility index (Phi) is 2.71. The van der Waals surface area contributed by atoms with Crippen LogP contribution in [0.3, 0.4) is 0 Å². The minimum Gasteiger partial charge on any atom is -0.455 e. The first-order chi connectivity index (χ1) is 8.72. The van der Waals surface area contributed by atoms with Crippen LogP contribution in [0.25, 0.3) is 0 Å². The lowest BCUT2D eigenvalue weighted by Gasteiger charge is -2.10. The van der Waals surface area contributed by atoms with Gasteiger partial charge in [-0.05, 0) is 67.1 Å². The Morgan fingerprint density at radius 2 is 1.83 bits per heavy atom. The average Bonchev–Trinajstić information content (AvgIpc) is 2.80. The molecule has 2 N–H and O–H groups in total. The van der Waals surface area contributed by atoms with Crippen LogP contribution in [0.5, 0.6) is 11.5 Å². The highest BCUT2D eigenvalue weighted by atomic mass is 16.5. The number of ether oxygens (including phenoxy) is 1. The predicted octanol–water partition coefficient (Wildman–Crippen LogP) is 3.86. The van der Waals surface area contributed by atoms with E-state index in [0.29, 0.717) is 5.69 Å². The highest BCUT2D eigenvalue weighted by Crippen LogP contribution is 2.31. The fraction of sp³-hybridized carbons (Fsp3) is 0.250. The Bertz CT molecular complexity index is 590. The maximum Gasteiger partial charge on any atom is 0.150 e. The summed E-state index contributed by atoms with van der Waals surface area (Å²) in [7, 11) is 0. The molecule has 0 heterocycles. The number of anilines is 1. The molecule has 2 nitrogen and oxygen atoms in total. The molecule has 1 aliphatic carbocycles. The molecule has 2 aromatic carbocycles. The van der Waals surface area contributed by atoms with E-state index in [2.05, 4.69) is 12.1 Å². The summed E-state index contributed by atoms with van der Waals surface area (Å²) in [5.41, 5.74) is 10.7. The largest absolute Gasteiger partial charge is 0.455 e. The number of benzene rings is 2. The standard InChI is InChI=1S/C16H17NO/c1-11-5-8-16(15(17)9-11)18-14-7-6-12-3-2-4-13(12)10-14/h5-10H,2-4,17H2,1H3. The quantitative estimate of drug-likeness (QED) is 0.808. The predicted molar refractivity (Wildman–Crippen MR) is 74.1 cm³/mol. The summed E-state index contributed by atoms with van der Waals surface area (Å²) >= 11 is 0. The number of fused-ring (bicyclic) bond motifs is 1. The van der Waals surface area contributed by atoms with Gasteiger partial charge in [0, 0.05) is 0 Å². The third-order valence-electron chi connectivity index (χ3n) is 3.46. The number of hydrogen-bond donors (Lipinski definition) is 1. The minimum absolute atomic E-state index is 0.690. The van der Waals surface area contributed by atoms with Crippen molar-refractivity contribution in [3.05, 3.63) is 53.1 Å². The molecule has 0 amide bonds. The van der Waals surface area contributed by atoms with Crippen molar-refractivity contribution in [1.82, 2.24) is 0 Å². The lowest BCUT2D eigenvalue weighted by atomic mass is 10.1. The van der Waals surface area contributed by atoms with Crippen molar-refractivity contribution in [2.75, 3.05) is 5.73 Å². The smallest absolute Gasteiger partial charge is 0.150 e. The van der Waals surface area contributed by atoms with Crippen LogP contribution in [-0.4, -0.2) is 0 Å². The summed E-state index contributed by atoms with van der Waals surface area (Å²) in [6.07, 6.45) is 3.61. The van der Waals surface area contributed by atoms with E-state index in [4.69, 9.17) is 10.5 Å². The highest BCUT2D eigenvalue weighted by molar-refractivity contribution is 5.55. The fourth-order valence-corrected chi connectivity index (χ4v) is 2.50. The molecule has 0 radical (unpaired) electrons. The Morgan fingerprint density at radius 1 is 1.00 bits per heavy atom. The third-order valence-corrected chi connectivity index (χ3v) is 3.46. The number of hydrogen-bond acceptors (Lipinski definition) is 2. The molecule has 0 unspecified atom stereocenters. The van der Waals surface area contributed by atoms with Crippen LogP contribution in [0.4, 0.5) is 5.69 Å². The van der Waals surface area contributed by atoms with E-state index in [1.165, 1.54) is 24.0 Å². The zero-order valence-corrected chi connectivity index (χ0v) is 10.6. The molecule has 0 bridgehead atoms. The van der Waals surface area contributed by atoms with Crippen molar-refractivity contribution in [2.45, 2.75) is 26.2 Å². The summed E-state index contributed by atoms with van der Waals surface area (Å²) in [5.74, 6) is 1.62. The van der Waals surface area contributed by atoms with Crippen molar-refractivity contribution in [2.24, 2.45) is 0 Å². The first-order valence-corrected chi connectivity index (χ1v) is 6.38. The van der Waals surface area contributed by atoms with Gasteiger partial charge >= 0.3 is 0 Å². The zero-order chi connectivity index (χ0) is 12.5. The van der Waals surface area contributed by atoms with Crippen LogP contribution >= 0.6 is 0 Å². The Morgan fingerprint density at radius 3 is 2.67 bits per heavy atom. The maximum absolute atomic E-state index is 5.96. The fourth-order valence-electron chi connectivity index (χ4n) is 2.50. The summed E-state index contributed by atoms with van der Waals surface area (Å²) in [4.78, 5) is 0. The minimum atomic E-state index is 0.690. The number of aryl methyl sites for hydroxylation is 3. The second-order valence-electron chi connectivity index (χ2n) is 4.93. The van der Waals surface area contributed by atoms with Crippen molar-refractivity contribution in [3.63, 3.8) is 0 Å². The van der Waals surface area contributed by atoms with Crippen LogP contribution in [0.2, 0.25) is 0 Å². The zero-order valence-electron chi connectivity index (χ0n) is 10.6. The van der Waals surface area contributed by atoms with Crippen LogP contribution < -0.4 is 10.5 Å². The Hall–Kier alpha value is -1.96. The molecule has 3 rings (SSSR count). The van der Waals surface area contributed by atoms with Gasteiger partial charge in [-0.2, -0.15) is 0 Å². The lowest BCUT2D eigenvalue weighted by molar-refractivity contribution is 0.484. The van der Waals surface area contributed by atoms with Crippen LogP contribution in [-0.2, 0) is 12.8 Å². The lowest BCUT2D eigenvalue weighted by Crippen LogP contribution is -1.93. The molecule has 0 atom stereocenters. The molecule has 0 saturated carbocycles. The van der Waals surface area contributed by atoms with Gasteiger partial charge in [-0.15, -0.1) is 0 Å². The van der Waals surface area contributed by atoms with E-state index >= 15 is 0 Å². The molecule has 0 saturated heterocycles. The molecule has 0 aliphatic heterocycles. The van der Waals surface area contributed by atoms with Gasteiger partial charge in [0.25, 0.3) is 0 Å². The normalized spacial score (nSPS) is 13.4. The summed E-state index contributed by atoms with van der Waals surface area (Å²) in [6.45, 7) is 2.02. The number of rotatable bonds is 2. The van der Waals surface area contributed by atoms with E-state index < -0.39 is 0 Å². The third kappa shape index (κ3) is 2.06. The van der Waals surface area contributed by atoms with Gasteiger partial charge in [-0.1, -0.05) is 12.1 Å². The molecule has 1 aliphatic rings. The van der Waals surface area contributed by atoms with Gasteiger partial charge in [-0.3, -0.25) is 0 Å². The molecule has 18 heavy (non-hydrogen) atoms. The first-order valence-electron chi connectivity index (χ1n) is 6.38. The first kappa shape index (κ1) is 11.1. The monoisotopic (exact) mass is 239 g/mol. The summed E-state index contributed by atoms with van der Waals surface area (Å²) < 4.78 is 5.86. The van der Waals surface area contributed by atoms with Gasteiger partial charge in [0.1, 0.15) is 11.5 Å². The van der Waals surface area contributed by atoms with E-state index in [1.54, 1.807) is 0 Å². The van der Waals surface area contributed by atoms with Crippen molar-refractivity contribution in [3.8, 4) is 11.5 Å². The SMILES string of the molecule is Cc1ccc(Oc2ccc3c(c2)CCC3)c(N)c1. The topological polar surface area (TPSA) is 35.2 Å². The summed E-state index contributed by atoms with van der Waals surface area (Å²) in [6, 6.07) is 12.2. The number of nitrogens with two attached hydrogens (primary N) is 1. The molecule has 0 spiro atoms. The molecule has 0 aromatic heterocycles. The Labute approximate surface area is 107 Å². The van der Waals surface area contributed by atoms with Crippen molar-refractivity contribution in [1.29, 1.82) is 0 Å². The van der Waals surface area contributed by atoms with Gasteiger partial charge in [-0.25, -0.2) is 0 Å². The van der Waals surface area contributed by atoms with Crippen molar-refractivity contribution < 1.29 is 4.74 Å². The molecular formula is C16H17NO. The van der Waals surface area contributed by atoms with E-state index in [9.17, 15) is 0 Å². The molecule has 2 aromatic rings.